The largest absolute Gasteiger partial charge is 0.385 e. The van der Waals surface area contributed by atoms with Crippen molar-refractivity contribution in [1.29, 1.82) is 0 Å². The lowest BCUT2D eigenvalue weighted by Crippen LogP contribution is -2.44. The van der Waals surface area contributed by atoms with Crippen molar-refractivity contribution >= 4 is 29.4 Å². The molecule has 0 saturated heterocycles. The summed E-state index contributed by atoms with van der Waals surface area (Å²) in [6, 6.07) is 1.81. The van der Waals surface area contributed by atoms with Crippen LogP contribution in [-0.2, 0) is 9.53 Å². The van der Waals surface area contributed by atoms with Gasteiger partial charge in [-0.3, -0.25) is 9.69 Å². The molecule has 7 nitrogen and oxygen atoms in total. The average molecular weight is 366 g/mol. The fraction of sp³-hybridized carbons (Fsp3) is 0.588. The maximum Gasteiger partial charge on any atom is 0.322 e. The molecule has 0 bridgehead atoms. The Kier molecular flexibility index (Phi) is 7.52. The van der Waals surface area contributed by atoms with Crippen molar-refractivity contribution in [3.8, 4) is 0 Å². The van der Waals surface area contributed by atoms with Gasteiger partial charge in [-0.05, 0) is 31.9 Å². The number of aryl methyl sites for hydroxylation is 2. The van der Waals surface area contributed by atoms with Gasteiger partial charge in [0.2, 0.25) is 5.91 Å². The molecule has 8 heteroatoms. The van der Waals surface area contributed by atoms with Gasteiger partial charge in [0, 0.05) is 51.2 Å². The molecule has 0 aromatic carbocycles. The predicted molar refractivity (Wildman–Crippen MR) is 99.3 cm³/mol. The Bertz CT molecular complexity index is 624. The molecule has 0 unspecified atom stereocenters. The lowest BCUT2D eigenvalue weighted by atomic mass is 10.2. The van der Waals surface area contributed by atoms with Crippen molar-refractivity contribution in [3.63, 3.8) is 0 Å². The number of urea groups is 1. The quantitative estimate of drug-likeness (QED) is 0.720. The molecule has 1 aromatic heterocycles. The van der Waals surface area contributed by atoms with E-state index in [1.54, 1.807) is 23.8 Å². The van der Waals surface area contributed by atoms with Crippen LogP contribution < -0.4 is 15.5 Å². The van der Waals surface area contributed by atoms with E-state index in [2.05, 4.69) is 15.6 Å². The highest BCUT2D eigenvalue weighted by molar-refractivity contribution is 7.99. The number of aromatic nitrogens is 1. The molecule has 0 fully saturated rings. The third kappa shape index (κ3) is 5.61. The van der Waals surface area contributed by atoms with E-state index >= 15 is 0 Å². The van der Waals surface area contributed by atoms with E-state index in [4.69, 9.17) is 4.74 Å². The first-order valence-electron chi connectivity index (χ1n) is 8.45. The third-order valence-corrected chi connectivity index (χ3v) is 4.77. The molecule has 2 N–H and O–H groups in total. The minimum absolute atomic E-state index is 0.0699. The predicted octanol–water partition coefficient (Wildman–Crippen LogP) is 1.86. The van der Waals surface area contributed by atoms with E-state index in [0.29, 0.717) is 26.2 Å². The molecule has 0 saturated carbocycles. The summed E-state index contributed by atoms with van der Waals surface area (Å²) in [5, 5.41) is 6.53. The molecule has 1 aliphatic rings. The standard InChI is InChI=1S/C17H26N4O3S/c1-12-11-13(2)20-16-15(12)21(8-10-25-16)17(23)19-7-5-14(22)18-6-4-9-24-3/h11H,4-10H2,1-3H3,(H,18,22)(H,19,23). The average Bonchev–Trinajstić information content (AvgIpc) is 2.57. The number of nitrogens with one attached hydrogen (secondary N) is 2. The Balaban J connectivity index is 1.84. The molecular formula is C17H26N4O3S. The number of nitrogens with zero attached hydrogens (tertiary/aromatic N) is 2. The summed E-state index contributed by atoms with van der Waals surface area (Å²) < 4.78 is 4.93. The summed E-state index contributed by atoms with van der Waals surface area (Å²) in [5.41, 5.74) is 2.88. The van der Waals surface area contributed by atoms with Crippen LogP contribution in [0.25, 0.3) is 0 Å². The van der Waals surface area contributed by atoms with Crippen molar-refractivity contribution in [2.45, 2.75) is 31.7 Å². The SMILES string of the molecule is COCCCNC(=O)CCNC(=O)N1CCSc2nc(C)cc(C)c21. The van der Waals surface area contributed by atoms with Gasteiger partial charge in [-0.25, -0.2) is 9.78 Å². The first-order valence-corrected chi connectivity index (χ1v) is 9.43. The Morgan fingerprint density at radius 2 is 2.12 bits per heavy atom. The lowest BCUT2D eigenvalue weighted by molar-refractivity contribution is -0.120. The number of rotatable bonds is 7. The maximum absolute atomic E-state index is 12.5. The van der Waals surface area contributed by atoms with E-state index in [-0.39, 0.29) is 18.4 Å². The summed E-state index contributed by atoms with van der Waals surface area (Å²) in [6.07, 6.45) is 1.04. The smallest absolute Gasteiger partial charge is 0.322 e. The number of ether oxygens (including phenoxy) is 1. The number of pyridine rings is 1. The molecule has 3 amide bonds. The second-order valence-electron chi connectivity index (χ2n) is 5.91. The number of amides is 3. The summed E-state index contributed by atoms with van der Waals surface area (Å²) in [7, 11) is 1.63. The summed E-state index contributed by atoms with van der Waals surface area (Å²) in [4.78, 5) is 30.5. The second kappa shape index (κ2) is 9.62. The van der Waals surface area contributed by atoms with Gasteiger partial charge in [0.05, 0.1) is 5.69 Å². The van der Waals surface area contributed by atoms with E-state index < -0.39 is 0 Å². The summed E-state index contributed by atoms with van der Waals surface area (Å²) in [5.74, 6) is 0.746. The van der Waals surface area contributed by atoms with Gasteiger partial charge in [0.15, 0.2) is 0 Å². The van der Waals surface area contributed by atoms with Gasteiger partial charge < -0.3 is 15.4 Å². The van der Waals surface area contributed by atoms with Crippen LogP contribution in [0.4, 0.5) is 10.5 Å². The van der Waals surface area contributed by atoms with Crippen molar-refractivity contribution in [3.05, 3.63) is 17.3 Å². The van der Waals surface area contributed by atoms with Crippen LogP contribution in [0.5, 0.6) is 0 Å². The van der Waals surface area contributed by atoms with Crippen LogP contribution >= 0.6 is 11.8 Å². The van der Waals surface area contributed by atoms with Crippen LogP contribution in [0.15, 0.2) is 11.1 Å². The van der Waals surface area contributed by atoms with E-state index in [1.807, 2.05) is 19.9 Å². The van der Waals surface area contributed by atoms with E-state index in [0.717, 1.165) is 34.1 Å². The minimum atomic E-state index is -0.178. The molecule has 2 heterocycles. The fourth-order valence-corrected chi connectivity index (χ4v) is 3.77. The highest BCUT2D eigenvalue weighted by atomic mass is 32.2. The molecule has 0 atom stereocenters. The van der Waals surface area contributed by atoms with Crippen LogP contribution in [0, 0.1) is 13.8 Å². The van der Waals surface area contributed by atoms with Crippen molar-refractivity contribution in [2.75, 3.05) is 44.0 Å². The number of fused-ring (bicyclic) bond motifs is 1. The summed E-state index contributed by atoms with van der Waals surface area (Å²) >= 11 is 1.67. The zero-order valence-corrected chi connectivity index (χ0v) is 15.9. The zero-order valence-electron chi connectivity index (χ0n) is 15.1. The normalized spacial score (nSPS) is 13.3. The molecule has 25 heavy (non-hydrogen) atoms. The van der Waals surface area contributed by atoms with E-state index in [9.17, 15) is 9.59 Å². The van der Waals surface area contributed by atoms with Gasteiger partial charge in [-0.1, -0.05) is 0 Å². The Morgan fingerprint density at radius 3 is 2.88 bits per heavy atom. The van der Waals surface area contributed by atoms with Crippen LogP contribution in [-0.4, -0.2) is 56.0 Å². The first-order chi connectivity index (χ1) is 12.0. The van der Waals surface area contributed by atoms with Crippen LogP contribution in [0.1, 0.15) is 24.1 Å². The van der Waals surface area contributed by atoms with Crippen molar-refractivity contribution < 1.29 is 14.3 Å². The Hall–Kier alpha value is -1.80. The van der Waals surface area contributed by atoms with Crippen LogP contribution in [0.2, 0.25) is 0 Å². The number of thioether (sulfide) groups is 1. The van der Waals surface area contributed by atoms with Crippen molar-refractivity contribution in [1.82, 2.24) is 15.6 Å². The van der Waals surface area contributed by atoms with Gasteiger partial charge in [-0.2, -0.15) is 0 Å². The molecule has 0 aliphatic carbocycles. The van der Waals surface area contributed by atoms with Gasteiger partial charge >= 0.3 is 6.03 Å². The van der Waals surface area contributed by atoms with Gasteiger partial charge in [-0.15, -0.1) is 11.8 Å². The number of methoxy groups -OCH3 is 1. The molecule has 0 radical (unpaired) electrons. The lowest BCUT2D eigenvalue weighted by Gasteiger charge is -2.30. The highest BCUT2D eigenvalue weighted by Crippen LogP contribution is 2.36. The molecule has 1 aliphatic heterocycles. The monoisotopic (exact) mass is 366 g/mol. The number of carbonyl (C=O) groups is 2. The number of hydrogen-bond donors (Lipinski definition) is 2. The van der Waals surface area contributed by atoms with Crippen LogP contribution in [0.3, 0.4) is 0 Å². The zero-order chi connectivity index (χ0) is 18.2. The van der Waals surface area contributed by atoms with E-state index in [1.165, 1.54) is 0 Å². The minimum Gasteiger partial charge on any atom is -0.385 e. The number of anilines is 1. The number of carbonyl (C=O) groups excluding carboxylic acids is 2. The molecule has 138 valence electrons. The summed E-state index contributed by atoms with van der Waals surface area (Å²) in [6.45, 7) is 6.10. The topological polar surface area (TPSA) is 83.6 Å². The first kappa shape index (κ1) is 19.5. The molecular weight excluding hydrogens is 340 g/mol. The Labute approximate surface area is 152 Å². The highest BCUT2D eigenvalue weighted by Gasteiger charge is 2.26. The Morgan fingerprint density at radius 1 is 1.32 bits per heavy atom. The fourth-order valence-electron chi connectivity index (χ4n) is 2.68. The maximum atomic E-state index is 12.5. The third-order valence-electron chi connectivity index (χ3n) is 3.82. The second-order valence-corrected chi connectivity index (χ2v) is 7.00. The molecule has 2 rings (SSSR count). The molecule has 1 aromatic rings. The number of hydrogen-bond acceptors (Lipinski definition) is 5. The van der Waals surface area contributed by atoms with Gasteiger partial charge in [0.25, 0.3) is 0 Å². The molecule has 0 spiro atoms. The van der Waals surface area contributed by atoms with Crippen molar-refractivity contribution in [2.24, 2.45) is 0 Å². The van der Waals surface area contributed by atoms with Gasteiger partial charge in [0.1, 0.15) is 5.03 Å².